The molecule has 2 aromatic heterocycles. The number of aromatic nitrogens is 4. The molecule has 0 unspecified atom stereocenters. The third kappa shape index (κ3) is 1.48. The van der Waals surface area contributed by atoms with E-state index in [0.29, 0.717) is 17.0 Å². The van der Waals surface area contributed by atoms with Gasteiger partial charge in [-0.3, -0.25) is 0 Å². The van der Waals surface area contributed by atoms with E-state index in [0.717, 1.165) is 6.42 Å². The highest BCUT2D eigenvalue weighted by Crippen LogP contribution is 2.44. The number of nitrogens with two attached hydrogens (primary N) is 1. The lowest BCUT2D eigenvalue weighted by atomic mass is 9.70. The summed E-state index contributed by atoms with van der Waals surface area (Å²) in [4.78, 5) is 12.3. The predicted molar refractivity (Wildman–Crippen MR) is 64.5 cm³/mol. The molecule has 0 aromatic carbocycles. The number of hydrogen-bond donors (Lipinski definition) is 3. The third-order valence-electron chi connectivity index (χ3n) is 3.83. The highest BCUT2D eigenvalue weighted by molar-refractivity contribution is 5.81. The zero-order chi connectivity index (χ0) is 12.7. The number of nitrogen functional groups attached to an aromatic ring is 1. The van der Waals surface area contributed by atoms with Gasteiger partial charge in [0.15, 0.2) is 11.5 Å². The van der Waals surface area contributed by atoms with Crippen LogP contribution in [0, 0.1) is 11.8 Å². The first kappa shape index (κ1) is 11.4. The smallest absolute Gasteiger partial charge is 0.165 e. The first-order valence-corrected chi connectivity index (χ1v) is 5.91. The first-order valence-electron chi connectivity index (χ1n) is 5.91. The van der Waals surface area contributed by atoms with Crippen molar-refractivity contribution >= 4 is 17.0 Å². The molecular formula is C11H15N5O2. The average molecular weight is 249 g/mol. The Bertz CT molecular complexity index is 570. The van der Waals surface area contributed by atoms with Gasteiger partial charge in [-0.15, -0.1) is 0 Å². The summed E-state index contributed by atoms with van der Waals surface area (Å²) < 4.78 is 1.92. The Balaban J connectivity index is 1.99. The van der Waals surface area contributed by atoms with Crippen LogP contribution in [0.4, 0.5) is 5.82 Å². The van der Waals surface area contributed by atoms with Crippen molar-refractivity contribution in [2.24, 2.45) is 11.8 Å². The van der Waals surface area contributed by atoms with Crippen LogP contribution in [0.5, 0.6) is 0 Å². The fourth-order valence-electron chi connectivity index (χ4n) is 2.69. The molecule has 7 nitrogen and oxygen atoms in total. The molecule has 0 spiro atoms. The number of aliphatic hydroxyl groups excluding tert-OH is 2. The van der Waals surface area contributed by atoms with Crippen molar-refractivity contribution in [3.63, 3.8) is 0 Å². The second kappa shape index (κ2) is 4.18. The van der Waals surface area contributed by atoms with E-state index in [1.54, 1.807) is 6.33 Å². The maximum Gasteiger partial charge on any atom is 0.165 e. The molecule has 0 saturated heterocycles. The molecule has 2 aromatic rings. The maximum absolute atomic E-state index is 9.38. The Kier molecular flexibility index (Phi) is 2.64. The SMILES string of the molecule is Nc1ncnc2c1ncn2[C@@H]1C[C@@H](CO)[C@H]1CO. The summed E-state index contributed by atoms with van der Waals surface area (Å²) in [5, 5.41) is 18.6. The van der Waals surface area contributed by atoms with E-state index in [2.05, 4.69) is 15.0 Å². The largest absolute Gasteiger partial charge is 0.396 e. The molecule has 4 N–H and O–H groups in total. The van der Waals surface area contributed by atoms with Crippen LogP contribution in [0.3, 0.4) is 0 Å². The van der Waals surface area contributed by atoms with Crippen molar-refractivity contribution in [1.82, 2.24) is 19.5 Å². The molecule has 0 bridgehead atoms. The summed E-state index contributed by atoms with van der Waals surface area (Å²) >= 11 is 0. The van der Waals surface area contributed by atoms with Crippen LogP contribution in [0.1, 0.15) is 12.5 Å². The van der Waals surface area contributed by atoms with Crippen molar-refractivity contribution in [3.05, 3.63) is 12.7 Å². The molecule has 1 saturated carbocycles. The van der Waals surface area contributed by atoms with Crippen molar-refractivity contribution in [3.8, 4) is 0 Å². The molecule has 0 aliphatic heterocycles. The van der Waals surface area contributed by atoms with Gasteiger partial charge in [-0.1, -0.05) is 0 Å². The van der Waals surface area contributed by atoms with Gasteiger partial charge in [-0.2, -0.15) is 0 Å². The summed E-state index contributed by atoms with van der Waals surface area (Å²) in [5.41, 5.74) is 7.00. The topological polar surface area (TPSA) is 110 Å². The third-order valence-corrected chi connectivity index (χ3v) is 3.83. The molecule has 2 heterocycles. The Labute approximate surface area is 103 Å². The summed E-state index contributed by atoms with van der Waals surface area (Å²) in [6.45, 7) is 0.154. The van der Waals surface area contributed by atoms with Crippen molar-refractivity contribution in [2.45, 2.75) is 12.5 Å². The highest BCUT2D eigenvalue weighted by atomic mass is 16.3. The van der Waals surface area contributed by atoms with E-state index < -0.39 is 0 Å². The lowest BCUT2D eigenvalue weighted by molar-refractivity contribution is -0.00529. The Hall–Kier alpha value is -1.73. The Morgan fingerprint density at radius 1 is 1.28 bits per heavy atom. The first-order chi connectivity index (χ1) is 8.76. The van der Waals surface area contributed by atoms with Crippen LogP contribution in [0.15, 0.2) is 12.7 Å². The van der Waals surface area contributed by atoms with E-state index in [1.165, 1.54) is 6.33 Å². The zero-order valence-corrected chi connectivity index (χ0v) is 9.77. The minimum atomic E-state index is 0.0450. The van der Waals surface area contributed by atoms with Crippen LogP contribution in [0.2, 0.25) is 0 Å². The fourth-order valence-corrected chi connectivity index (χ4v) is 2.69. The quantitative estimate of drug-likeness (QED) is 0.681. The Morgan fingerprint density at radius 3 is 2.83 bits per heavy atom. The van der Waals surface area contributed by atoms with Gasteiger partial charge >= 0.3 is 0 Å². The highest BCUT2D eigenvalue weighted by Gasteiger charge is 2.41. The fraction of sp³-hybridized carbons (Fsp3) is 0.545. The zero-order valence-electron chi connectivity index (χ0n) is 9.77. The van der Waals surface area contributed by atoms with E-state index in [4.69, 9.17) is 5.73 Å². The molecule has 0 radical (unpaired) electrons. The van der Waals surface area contributed by atoms with Gasteiger partial charge in [0.1, 0.15) is 11.8 Å². The van der Waals surface area contributed by atoms with Crippen LogP contribution in [0.25, 0.3) is 11.2 Å². The average Bonchev–Trinajstić information content (AvgIpc) is 2.75. The van der Waals surface area contributed by atoms with Gasteiger partial charge in [-0.25, -0.2) is 15.0 Å². The lowest BCUT2D eigenvalue weighted by Crippen LogP contribution is -2.42. The number of anilines is 1. The standard InChI is InChI=1S/C11H15N5O2/c12-10-9-11(14-4-13-10)16(5-15-9)8-1-6(2-17)7(8)3-18/h4-8,17-18H,1-3H2,(H2,12,13,14)/t6-,7+,8+/m0/s1. The van der Waals surface area contributed by atoms with Gasteiger partial charge in [0.25, 0.3) is 0 Å². The lowest BCUT2D eigenvalue weighted by Gasteiger charge is -2.43. The van der Waals surface area contributed by atoms with Gasteiger partial charge < -0.3 is 20.5 Å². The predicted octanol–water partition coefficient (Wildman–Crippen LogP) is -0.430. The van der Waals surface area contributed by atoms with Gasteiger partial charge in [-0.05, 0) is 12.3 Å². The summed E-state index contributed by atoms with van der Waals surface area (Å²) in [7, 11) is 0. The minimum absolute atomic E-state index is 0.0450. The number of nitrogens with zero attached hydrogens (tertiary/aromatic N) is 4. The molecule has 18 heavy (non-hydrogen) atoms. The molecule has 3 atom stereocenters. The minimum Gasteiger partial charge on any atom is -0.396 e. The van der Waals surface area contributed by atoms with Crippen LogP contribution >= 0.6 is 0 Å². The number of aliphatic hydroxyl groups is 2. The van der Waals surface area contributed by atoms with Crippen molar-refractivity contribution in [1.29, 1.82) is 0 Å². The van der Waals surface area contributed by atoms with Crippen LogP contribution in [-0.4, -0.2) is 42.9 Å². The number of imidazole rings is 1. The normalized spacial score (nSPS) is 27.3. The number of rotatable bonds is 3. The summed E-state index contributed by atoms with van der Waals surface area (Å²) in [6.07, 6.45) is 3.90. The molecule has 1 aliphatic rings. The summed E-state index contributed by atoms with van der Waals surface area (Å²) in [6, 6.07) is 0.117. The van der Waals surface area contributed by atoms with Gasteiger partial charge in [0, 0.05) is 25.2 Å². The maximum atomic E-state index is 9.38. The second-order valence-corrected chi connectivity index (χ2v) is 4.68. The van der Waals surface area contributed by atoms with Crippen LogP contribution in [-0.2, 0) is 0 Å². The number of fused-ring (bicyclic) bond motifs is 1. The summed E-state index contributed by atoms with van der Waals surface area (Å²) in [5.74, 6) is 0.553. The molecule has 0 amide bonds. The molecular weight excluding hydrogens is 234 g/mol. The van der Waals surface area contributed by atoms with E-state index in [9.17, 15) is 10.2 Å². The molecule has 3 rings (SSSR count). The van der Waals surface area contributed by atoms with Gasteiger partial charge in [0.05, 0.1) is 6.33 Å². The van der Waals surface area contributed by atoms with Crippen molar-refractivity contribution in [2.75, 3.05) is 18.9 Å². The van der Waals surface area contributed by atoms with E-state index in [1.807, 2.05) is 4.57 Å². The molecule has 7 heteroatoms. The van der Waals surface area contributed by atoms with Crippen LogP contribution < -0.4 is 5.73 Å². The Morgan fingerprint density at radius 2 is 2.11 bits per heavy atom. The molecule has 1 fully saturated rings. The second-order valence-electron chi connectivity index (χ2n) is 4.68. The van der Waals surface area contributed by atoms with E-state index >= 15 is 0 Å². The molecule has 1 aliphatic carbocycles. The number of hydrogen-bond acceptors (Lipinski definition) is 6. The van der Waals surface area contributed by atoms with Crippen molar-refractivity contribution < 1.29 is 10.2 Å². The van der Waals surface area contributed by atoms with E-state index in [-0.39, 0.29) is 31.1 Å². The van der Waals surface area contributed by atoms with Gasteiger partial charge in [0.2, 0.25) is 0 Å². The molecule has 96 valence electrons. The monoisotopic (exact) mass is 249 g/mol.